The molecule has 0 fully saturated rings. The highest BCUT2D eigenvalue weighted by Crippen LogP contribution is 2.38. The molecule has 0 saturated heterocycles. The zero-order valence-corrected chi connectivity index (χ0v) is 10.1. The fraction of sp³-hybridized carbons (Fsp3) is 0.571. The maximum absolute atomic E-state index is 2.51. The molecular formula is C14H21N. The largest absolute Gasteiger partial charge is 0.371 e. The quantitative estimate of drug-likeness (QED) is 0.723. The number of fused-ring (bicyclic) bond motifs is 1. The van der Waals surface area contributed by atoms with Gasteiger partial charge in [-0.3, -0.25) is 0 Å². The molecule has 15 heavy (non-hydrogen) atoms. The van der Waals surface area contributed by atoms with Gasteiger partial charge in [-0.1, -0.05) is 31.0 Å². The Kier molecular flexibility index (Phi) is 2.99. The highest BCUT2D eigenvalue weighted by Gasteiger charge is 2.26. The molecule has 1 aliphatic rings. The summed E-state index contributed by atoms with van der Waals surface area (Å²) < 4.78 is 0. The van der Waals surface area contributed by atoms with Crippen LogP contribution in [0.5, 0.6) is 0 Å². The first kappa shape index (κ1) is 10.5. The average molecular weight is 203 g/mol. The summed E-state index contributed by atoms with van der Waals surface area (Å²) >= 11 is 0. The van der Waals surface area contributed by atoms with Crippen LogP contribution in [0.15, 0.2) is 18.2 Å². The van der Waals surface area contributed by atoms with Gasteiger partial charge in [0, 0.05) is 24.7 Å². The Morgan fingerprint density at radius 2 is 2.13 bits per heavy atom. The van der Waals surface area contributed by atoms with Crippen molar-refractivity contribution in [2.45, 2.75) is 39.5 Å². The summed E-state index contributed by atoms with van der Waals surface area (Å²) in [6.45, 7) is 9.08. The predicted molar refractivity (Wildman–Crippen MR) is 66.7 cm³/mol. The zero-order chi connectivity index (χ0) is 10.8. The van der Waals surface area contributed by atoms with Crippen molar-refractivity contribution in [2.24, 2.45) is 0 Å². The third-order valence-electron chi connectivity index (χ3n) is 3.42. The normalized spacial score (nSPS) is 19.4. The predicted octanol–water partition coefficient (Wildman–Crippen LogP) is 3.72. The molecule has 0 bridgehead atoms. The summed E-state index contributed by atoms with van der Waals surface area (Å²) in [7, 11) is 0. The highest BCUT2D eigenvalue weighted by molar-refractivity contribution is 5.61. The molecule has 0 radical (unpaired) electrons. The van der Waals surface area contributed by atoms with E-state index in [2.05, 4.69) is 43.9 Å². The van der Waals surface area contributed by atoms with E-state index >= 15 is 0 Å². The van der Waals surface area contributed by atoms with Crippen LogP contribution < -0.4 is 4.90 Å². The lowest BCUT2D eigenvalue weighted by Gasteiger charge is -2.16. The minimum absolute atomic E-state index is 0.768. The SMILES string of the molecule is CCCC1CN(CC)c2ccc(C)cc21. The number of rotatable bonds is 3. The Bertz CT molecular complexity index is 343. The second kappa shape index (κ2) is 4.26. The van der Waals surface area contributed by atoms with Crippen molar-refractivity contribution in [3.63, 3.8) is 0 Å². The molecule has 0 amide bonds. The molecule has 1 nitrogen and oxygen atoms in total. The Hall–Kier alpha value is -0.980. The number of benzene rings is 1. The number of hydrogen-bond donors (Lipinski definition) is 0. The minimum Gasteiger partial charge on any atom is -0.371 e. The molecule has 1 unspecified atom stereocenters. The lowest BCUT2D eigenvalue weighted by Crippen LogP contribution is -2.20. The van der Waals surface area contributed by atoms with Crippen LogP contribution in [-0.4, -0.2) is 13.1 Å². The van der Waals surface area contributed by atoms with Gasteiger partial charge in [-0.2, -0.15) is 0 Å². The molecule has 1 heterocycles. The smallest absolute Gasteiger partial charge is 0.0402 e. The molecule has 1 aliphatic heterocycles. The van der Waals surface area contributed by atoms with Gasteiger partial charge < -0.3 is 4.90 Å². The molecule has 1 atom stereocenters. The topological polar surface area (TPSA) is 3.24 Å². The summed E-state index contributed by atoms with van der Waals surface area (Å²) in [6.07, 6.45) is 2.61. The van der Waals surface area contributed by atoms with Gasteiger partial charge in [0.25, 0.3) is 0 Å². The van der Waals surface area contributed by atoms with E-state index in [1.165, 1.54) is 30.6 Å². The number of nitrogens with zero attached hydrogens (tertiary/aromatic N) is 1. The third-order valence-corrected chi connectivity index (χ3v) is 3.42. The van der Waals surface area contributed by atoms with Crippen LogP contribution in [-0.2, 0) is 0 Å². The van der Waals surface area contributed by atoms with Crippen molar-refractivity contribution in [1.29, 1.82) is 0 Å². The van der Waals surface area contributed by atoms with Crippen LogP contribution >= 0.6 is 0 Å². The minimum atomic E-state index is 0.768. The molecule has 0 aromatic heterocycles. The summed E-state index contributed by atoms with van der Waals surface area (Å²) in [5, 5.41) is 0. The van der Waals surface area contributed by atoms with E-state index in [0.717, 1.165) is 12.5 Å². The lowest BCUT2D eigenvalue weighted by molar-refractivity contribution is 0.630. The van der Waals surface area contributed by atoms with Gasteiger partial charge in [0.1, 0.15) is 0 Å². The molecule has 0 N–H and O–H groups in total. The molecule has 0 spiro atoms. The molecule has 82 valence electrons. The zero-order valence-electron chi connectivity index (χ0n) is 10.1. The first-order valence-electron chi connectivity index (χ1n) is 6.11. The van der Waals surface area contributed by atoms with Crippen LogP contribution in [0.4, 0.5) is 5.69 Å². The lowest BCUT2D eigenvalue weighted by atomic mass is 9.95. The van der Waals surface area contributed by atoms with Crippen molar-refractivity contribution in [3.8, 4) is 0 Å². The molecular weight excluding hydrogens is 182 g/mol. The summed E-state index contributed by atoms with van der Waals surface area (Å²) in [6, 6.07) is 6.91. The van der Waals surface area contributed by atoms with Gasteiger partial charge >= 0.3 is 0 Å². The first-order chi connectivity index (χ1) is 7.26. The van der Waals surface area contributed by atoms with Gasteiger partial charge in [-0.15, -0.1) is 0 Å². The Morgan fingerprint density at radius 3 is 2.80 bits per heavy atom. The van der Waals surface area contributed by atoms with Gasteiger partial charge in [0.2, 0.25) is 0 Å². The molecule has 0 saturated carbocycles. The number of aryl methyl sites for hydroxylation is 1. The monoisotopic (exact) mass is 203 g/mol. The van der Waals surface area contributed by atoms with Crippen molar-refractivity contribution < 1.29 is 0 Å². The van der Waals surface area contributed by atoms with E-state index in [9.17, 15) is 0 Å². The second-order valence-electron chi connectivity index (χ2n) is 4.59. The van der Waals surface area contributed by atoms with E-state index in [1.54, 1.807) is 5.56 Å². The van der Waals surface area contributed by atoms with Crippen molar-refractivity contribution in [2.75, 3.05) is 18.0 Å². The van der Waals surface area contributed by atoms with Gasteiger partial charge in [0.15, 0.2) is 0 Å². The fourth-order valence-electron chi connectivity index (χ4n) is 2.65. The molecule has 0 aliphatic carbocycles. The number of hydrogen-bond acceptors (Lipinski definition) is 1. The maximum atomic E-state index is 2.51. The van der Waals surface area contributed by atoms with E-state index in [-0.39, 0.29) is 0 Å². The fourth-order valence-corrected chi connectivity index (χ4v) is 2.65. The van der Waals surface area contributed by atoms with Crippen LogP contribution in [0.2, 0.25) is 0 Å². The van der Waals surface area contributed by atoms with Gasteiger partial charge in [-0.25, -0.2) is 0 Å². The van der Waals surface area contributed by atoms with E-state index in [0.29, 0.717) is 0 Å². The van der Waals surface area contributed by atoms with Gasteiger partial charge in [-0.05, 0) is 31.9 Å². The molecule has 2 rings (SSSR count). The van der Waals surface area contributed by atoms with Crippen LogP contribution in [0.25, 0.3) is 0 Å². The first-order valence-corrected chi connectivity index (χ1v) is 6.11. The standard InChI is InChI=1S/C14H21N/c1-4-6-12-10-15(5-2)14-8-7-11(3)9-13(12)14/h7-9,12H,4-6,10H2,1-3H3. The van der Waals surface area contributed by atoms with E-state index in [1.807, 2.05) is 0 Å². The van der Waals surface area contributed by atoms with Gasteiger partial charge in [0.05, 0.1) is 0 Å². The molecule has 1 aromatic rings. The van der Waals surface area contributed by atoms with Crippen molar-refractivity contribution in [1.82, 2.24) is 0 Å². The Morgan fingerprint density at radius 1 is 1.33 bits per heavy atom. The van der Waals surface area contributed by atoms with Crippen LogP contribution in [0.1, 0.15) is 43.7 Å². The van der Waals surface area contributed by atoms with E-state index in [4.69, 9.17) is 0 Å². The Balaban J connectivity index is 2.34. The second-order valence-corrected chi connectivity index (χ2v) is 4.59. The van der Waals surface area contributed by atoms with Crippen molar-refractivity contribution >= 4 is 5.69 Å². The van der Waals surface area contributed by atoms with E-state index < -0.39 is 0 Å². The van der Waals surface area contributed by atoms with Crippen LogP contribution in [0.3, 0.4) is 0 Å². The summed E-state index contributed by atoms with van der Waals surface area (Å²) in [4.78, 5) is 2.51. The Labute approximate surface area is 93.1 Å². The maximum Gasteiger partial charge on any atom is 0.0402 e. The van der Waals surface area contributed by atoms with Crippen LogP contribution in [0, 0.1) is 6.92 Å². The number of anilines is 1. The highest BCUT2D eigenvalue weighted by atomic mass is 15.1. The van der Waals surface area contributed by atoms with Crippen molar-refractivity contribution in [3.05, 3.63) is 29.3 Å². The average Bonchev–Trinajstić information content (AvgIpc) is 2.57. The number of likely N-dealkylation sites (N-methyl/N-ethyl adjacent to an activating group) is 1. The summed E-state index contributed by atoms with van der Waals surface area (Å²) in [5.41, 5.74) is 4.45. The third kappa shape index (κ3) is 1.88. The summed E-state index contributed by atoms with van der Waals surface area (Å²) in [5.74, 6) is 0.768. The molecule has 1 aromatic carbocycles. The molecule has 1 heteroatoms.